The molecule has 1 N–H and O–H groups in total. The molecule has 2 rings (SSSR count). The van der Waals surface area contributed by atoms with Crippen molar-refractivity contribution in [1.29, 1.82) is 0 Å². The highest BCUT2D eigenvalue weighted by molar-refractivity contribution is 5.50. The van der Waals surface area contributed by atoms with Crippen molar-refractivity contribution >= 4 is 11.9 Å². The lowest BCUT2D eigenvalue weighted by Gasteiger charge is -2.08. The molecule has 0 saturated carbocycles. The minimum absolute atomic E-state index is 0.736. The summed E-state index contributed by atoms with van der Waals surface area (Å²) in [6.07, 6.45) is 5.43. The summed E-state index contributed by atoms with van der Waals surface area (Å²) in [5.74, 6) is 0.903. The van der Waals surface area contributed by atoms with Crippen molar-refractivity contribution in [1.82, 2.24) is 9.78 Å². The molecular weight excluding hydrogens is 226 g/mol. The largest absolute Gasteiger partial charge is 0.496 e. The highest BCUT2D eigenvalue weighted by atomic mass is 16.5. The van der Waals surface area contributed by atoms with E-state index in [-0.39, 0.29) is 0 Å². The molecule has 0 fully saturated rings. The van der Waals surface area contributed by atoms with Gasteiger partial charge in [0.2, 0.25) is 0 Å². The van der Waals surface area contributed by atoms with E-state index < -0.39 is 0 Å². The van der Waals surface area contributed by atoms with Crippen LogP contribution in [-0.4, -0.2) is 16.9 Å². The molecule has 94 valence electrons. The first-order chi connectivity index (χ1) is 8.72. The first-order valence-electron chi connectivity index (χ1n) is 5.77. The van der Waals surface area contributed by atoms with Crippen LogP contribution >= 0.6 is 0 Å². The quantitative estimate of drug-likeness (QED) is 0.877. The van der Waals surface area contributed by atoms with Crippen LogP contribution in [0.2, 0.25) is 0 Å². The number of rotatable bonds is 5. The van der Waals surface area contributed by atoms with Crippen LogP contribution in [0.5, 0.6) is 5.75 Å². The van der Waals surface area contributed by atoms with E-state index in [0.717, 1.165) is 29.1 Å². The van der Waals surface area contributed by atoms with Gasteiger partial charge in [0.25, 0.3) is 0 Å². The Balaban J connectivity index is 2.01. The van der Waals surface area contributed by atoms with Crippen LogP contribution in [0.1, 0.15) is 11.1 Å². The summed E-state index contributed by atoms with van der Waals surface area (Å²) >= 11 is 0. The van der Waals surface area contributed by atoms with Gasteiger partial charge >= 0.3 is 0 Å². The lowest BCUT2D eigenvalue weighted by molar-refractivity contribution is 0.412. The van der Waals surface area contributed by atoms with Crippen LogP contribution in [-0.2, 0) is 6.54 Å². The molecule has 0 aliphatic rings. The topological polar surface area (TPSA) is 39.1 Å². The van der Waals surface area contributed by atoms with Gasteiger partial charge in [-0.1, -0.05) is 6.58 Å². The van der Waals surface area contributed by atoms with Crippen LogP contribution in [0.3, 0.4) is 0 Å². The molecule has 0 unspecified atom stereocenters. The summed E-state index contributed by atoms with van der Waals surface area (Å²) in [4.78, 5) is 0. The maximum absolute atomic E-state index is 5.23. The molecule has 1 heterocycles. The number of nitrogens with zero attached hydrogens (tertiary/aromatic N) is 2. The number of hydrogen-bond acceptors (Lipinski definition) is 3. The molecule has 0 atom stereocenters. The summed E-state index contributed by atoms with van der Waals surface area (Å²) in [6.45, 7) is 6.42. The molecule has 0 spiro atoms. The molecule has 0 amide bonds. The van der Waals surface area contributed by atoms with Gasteiger partial charge in [-0.15, -0.1) is 0 Å². The standard InChI is InChI=1S/C14H17N3O/c1-4-17-10-12(9-16-17)8-15-13-5-6-14(18-3)11(2)7-13/h4-7,9-10,15H,1,8H2,2-3H3. The van der Waals surface area contributed by atoms with E-state index in [9.17, 15) is 0 Å². The highest BCUT2D eigenvalue weighted by Crippen LogP contribution is 2.21. The van der Waals surface area contributed by atoms with Crippen LogP contribution < -0.4 is 10.1 Å². The van der Waals surface area contributed by atoms with E-state index in [1.54, 1.807) is 18.0 Å². The fourth-order valence-corrected chi connectivity index (χ4v) is 1.76. The maximum atomic E-state index is 5.23. The van der Waals surface area contributed by atoms with Gasteiger partial charge in [0.15, 0.2) is 0 Å². The lowest BCUT2D eigenvalue weighted by Crippen LogP contribution is -1.99. The summed E-state index contributed by atoms with van der Waals surface area (Å²) in [7, 11) is 1.68. The summed E-state index contributed by atoms with van der Waals surface area (Å²) in [6, 6.07) is 6.03. The number of ether oxygens (including phenoxy) is 1. The van der Waals surface area contributed by atoms with Crippen molar-refractivity contribution in [2.45, 2.75) is 13.5 Å². The maximum Gasteiger partial charge on any atom is 0.121 e. The van der Waals surface area contributed by atoms with Gasteiger partial charge in [-0.25, -0.2) is 4.68 Å². The molecular formula is C14H17N3O. The molecule has 0 aliphatic heterocycles. The number of anilines is 1. The Morgan fingerprint density at radius 2 is 2.33 bits per heavy atom. The Kier molecular flexibility index (Phi) is 3.67. The summed E-state index contributed by atoms with van der Waals surface area (Å²) < 4.78 is 6.92. The van der Waals surface area contributed by atoms with Gasteiger partial charge in [-0.05, 0) is 30.7 Å². The average Bonchev–Trinajstić information content (AvgIpc) is 2.84. The molecule has 2 aromatic rings. The van der Waals surface area contributed by atoms with Gasteiger partial charge in [0.1, 0.15) is 5.75 Å². The molecule has 4 nitrogen and oxygen atoms in total. The molecule has 0 saturated heterocycles. The Hall–Kier alpha value is -2.23. The van der Waals surface area contributed by atoms with Crippen molar-refractivity contribution in [2.75, 3.05) is 12.4 Å². The second-order valence-electron chi connectivity index (χ2n) is 4.05. The van der Waals surface area contributed by atoms with Crippen LogP contribution in [0.4, 0.5) is 5.69 Å². The lowest BCUT2D eigenvalue weighted by atomic mass is 10.2. The smallest absolute Gasteiger partial charge is 0.121 e. The normalized spacial score (nSPS) is 10.1. The Morgan fingerprint density at radius 3 is 2.94 bits per heavy atom. The molecule has 0 aliphatic carbocycles. The fraction of sp³-hybridized carbons (Fsp3) is 0.214. The predicted molar refractivity (Wildman–Crippen MR) is 73.7 cm³/mol. The monoisotopic (exact) mass is 243 g/mol. The van der Waals surface area contributed by atoms with Gasteiger partial charge in [0.05, 0.1) is 13.3 Å². The number of aryl methyl sites for hydroxylation is 1. The van der Waals surface area contributed by atoms with E-state index >= 15 is 0 Å². The molecule has 0 radical (unpaired) electrons. The van der Waals surface area contributed by atoms with E-state index in [2.05, 4.69) is 23.1 Å². The van der Waals surface area contributed by atoms with Crippen LogP contribution in [0.15, 0.2) is 37.2 Å². The average molecular weight is 243 g/mol. The van der Waals surface area contributed by atoms with Crippen molar-refractivity contribution in [3.05, 3.63) is 48.3 Å². The van der Waals surface area contributed by atoms with Crippen molar-refractivity contribution in [3.8, 4) is 5.75 Å². The van der Waals surface area contributed by atoms with Gasteiger partial charge in [-0.2, -0.15) is 5.10 Å². The van der Waals surface area contributed by atoms with Crippen molar-refractivity contribution in [3.63, 3.8) is 0 Å². The van der Waals surface area contributed by atoms with E-state index in [0.29, 0.717) is 0 Å². The Bertz CT molecular complexity index is 546. The molecule has 4 heteroatoms. The van der Waals surface area contributed by atoms with Gasteiger partial charge in [-0.3, -0.25) is 0 Å². The number of benzene rings is 1. The second-order valence-corrected chi connectivity index (χ2v) is 4.05. The molecule has 18 heavy (non-hydrogen) atoms. The van der Waals surface area contributed by atoms with Gasteiger partial charge < -0.3 is 10.1 Å². The number of nitrogens with one attached hydrogen (secondary N) is 1. The molecule has 1 aromatic heterocycles. The first-order valence-corrected chi connectivity index (χ1v) is 5.77. The van der Waals surface area contributed by atoms with E-state index in [1.807, 2.05) is 31.5 Å². The third kappa shape index (κ3) is 2.71. The summed E-state index contributed by atoms with van der Waals surface area (Å²) in [5, 5.41) is 7.48. The zero-order chi connectivity index (χ0) is 13.0. The first kappa shape index (κ1) is 12.2. The number of methoxy groups -OCH3 is 1. The SMILES string of the molecule is C=Cn1cc(CNc2ccc(OC)c(C)c2)cn1. The fourth-order valence-electron chi connectivity index (χ4n) is 1.76. The van der Waals surface area contributed by atoms with Crippen LogP contribution in [0.25, 0.3) is 6.20 Å². The van der Waals surface area contributed by atoms with E-state index in [4.69, 9.17) is 4.74 Å². The third-order valence-corrected chi connectivity index (χ3v) is 2.73. The van der Waals surface area contributed by atoms with Crippen molar-refractivity contribution < 1.29 is 4.74 Å². The zero-order valence-electron chi connectivity index (χ0n) is 10.7. The number of hydrogen-bond donors (Lipinski definition) is 1. The Morgan fingerprint density at radius 1 is 1.50 bits per heavy atom. The van der Waals surface area contributed by atoms with Crippen molar-refractivity contribution in [2.24, 2.45) is 0 Å². The predicted octanol–water partition coefficient (Wildman–Crippen LogP) is 2.91. The van der Waals surface area contributed by atoms with Gasteiger partial charge in [0, 0.05) is 30.2 Å². The molecule has 1 aromatic carbocycles. The highest BCUT2D eigenvalue weighted by Gasteiger charge is 2.01. The summed E-state index contributed by atoms with van der Waals surface area (Å²) in [5.41, 5.74) is 3.30. The second kappa shape index (κ2) is 5.40. The zero-order valence-corrected chi connectivity index (χ0v) is 10.7. The van der Waals surface area contributed by atoms with E-state index in [1.165, 1.54) is 0 Å². The molecule has 0 bridgehead atoms. The number of aromatic nitrogens is 2. The third-order valence-electron chi connectivity index (χ3n) is 2.73. The van der Waals surface area contributed by atoms with Crippen LogP contribution in [0, 0.1) is 6.92 Å². The Labute approximate surface area is 107 Å². The minimum Gasteiger partial charge on any atom is -0.496 e. The minimum atomic E-state index is 0.736.